The first-order chi connectivity index (χ1) is 7.24. The van der Waals surface area contributed by atoms with E-state index >= 15 is 0 Å². The van der Waals surface area contributed by atoms with Gasteiger partial charge >= 0.3 is 5.97 Å². The summed E-state index contributed by atoms with van der Waals surface area (Å²) in [7, 11) is 1.39. The molecule has 1 atom stereocenters. The van der Waals surface area contributed by atoms with Crippen molar-refractivity contribution in [1.29, 1.82) is 0 Å². The van der Waals surface area contributed by atoms with Gasteiger partial charge in [-0.15, -0.1) is 0 Å². The Labute approximate surface area is 89.5 Å². The number of pyridine rings is 1. The Balaban J connectivity index is 2.31. The van der Waals surface area contributed by atoms with E-state index in [1.807, 2.05) is 12.1 Å². The summed E-state index contributed by atoms with van der Waals surface area (Å²) in [6, 6.07) is 3.74. The third-order valence-corrected chi connectivity index (χ3v) is 2.24. The van der Waals surface area contributed by atoms with Gasteiger partial charge in [-0.2, -0.15) is 0 Å². The molecule has 0 amide bonds. The number of carbonyl (C=O) groups is 1. The molecule has 0 aromatic carbocycles. The van der Waals surface area contributed by atoms with E-state index in [1.54, 1.807) is 12.4 Å². The molecule has 0 fully saturated rings. The molecular weight excluding hydrogens is 192 g/mol. The molecule has 1 aromatic rings. The molecule has 0 saturated heterocycles. The number of nitrogens with two attached hydrogens (primary N) is 1. The van der Waals surface area contributed by atoms with Crippen LogP contribution < -0.4 is 5.73 Å². The number of carbonyl (C=O) groups excluding carboxylic acids is 1. The number of esters is 1. The minimum atomic E-state index is -0.187. The third-order valence-electron chi connectivity index (χ3n) is 2.24. The van der Waals surface area contributed by atoms with Crippen molar-refractivity contribution in [3.63, 3.8) is 0 Å². The fourth-order valence-electron chi connectivity index (χ4n) is 1.33. The summed E-state index contributed by atoms with van der Waals surface area (Å²) in [5.41, 5.74) is 6.93. The van der Waals surface area contributed by atoms with Gasteiger partial charge in [0.05, 0.1) is 7.11 Å². The normalized spacial score (nSPS) is 12.1. The minimum Gasteiger partial charge on any atom is -0.469 e. The molecule has 82 valence electrons. The standard InChI is InChI=1S/C11H16N2O2/c1-15-11(14)6-2-5-10(12)9-4-3-7-13-8-9/h3-4,7-8,10H,2,5-6,12H2,1H3/t10-/m0/s1. The van der Waals surface area contributed by atoms with Crippen molar-refractivity contribution >= 4 is 5.97 Å². The number of methoxy groups -OCH3 is 1. The summed E-state index contributed by atoms with van der Waals surface area (Å²) in [5.74, 6) is -0.187. The highest BCUT2D eigenvalue weighted by atomic mass is 16.5. The van der Waals surface area contributed by atoms with Crippen molar-refractivity contribution in [2.75, 3.05) is 7.11 Å². The lowest BCUT2D eigenvalue weighted by atomic mass is 10.0. The van der Waals surface area contributed by atoms with Gasteiger partial charge in [0.25, 0.3) is 0 Å². The van der Waals surface area contributed by atoms with E-state index in [0.717, 1.165) is 18.4 Å². The molecule has 1 heterocycles. The number of hydrogen-bond acceptors (Lipinski definition) is 4. The van der Waals surface area contributed by atoms with Crippen molar-refractivity contribution in [3.05, 3.63) is 30.1 Å². The monoisotopic (exact) mass is 208 g/mol. The van der Waals surface area contributed by atoms with Gasteiger partial charge in [0.15, 0.2) is 0 Å². The maximum atomic E-state index is 10.9. The van der Waals surface area contributed by atoms with Crippen molar-refractivity contribution < 1.29 is 9.53 Å². The molecule has 2 N–H and O–H groups in total. The molecule has 0 aliphatic rings. The second-order valence-corrected chi connectivity index (χ2v) is 3.36. The van der Waals surface area contributed by atoms with Crippen LogP contribution in [0.25, 0.3) is 0 Å². The van der Waals surface area contributed by atoms with Gasteiger partial charge in [-0.1, -0.05) is 6.07 Å². The second kappa shape index (κ2) is 6.14. The molecule has 4 heteroatoms. The van der Waals surface area contributed by atoms with E-state index in [-0.39, 0.29) is 12.0 Å². The van der Waals surface area contributed by atoms with Crippen LogP contribution in [0.15, 0.2) is 24.5 Å². The molecule has 0 radical (unpaired) electrons. The second-order valence-electron chi connectivity index (χ2n) is 3.36. The maximum Gasteiger partial charge on any atom is 0.305 e. The first-order valence-electron chi connectivity index (χ1n) is 4.96. The van der Waals surface area contributed by atoms with E-state index in [2.05, 4.69) is 9.72 Å². The van der Waals surface area contributed by atoms with Gasteiger partial charge in [-0.3, -0.25) is 9.78 Å². The maximum absolute atomic E-state index is 10.9. The van der Waals surface area contributed by atoms with Crippen LogP contribution in [-0.4, -0.2) is 18.1 Å². The Hall–Kier alpha value is -1.42. The molecule has 1 rings (SSSR count). The quantitative estimate of drug-likeness (QED) is 0.743. The summed E-state index contributed by atoms with van der Waals surface area (Å²) < 4.78 is 4.55. The first-order valence-corrected chi connectivity index (χ1v) is 4.96. The van der Waals surface area contributed by atoms with Gasteiger partial charge in [0.1, 0.15) is 0 Å². The summed E-state index contributed by atoms with van der Waals surface area (Å²) in [4.78, 5) is 14.8. The number of rotatable bonds is 5. The van der Waals surface area contributed by atoms with Gasteiger partial charge in [-0.25, -0.2) is 0 Å². The zero-order valence-electron chi connectivity index (χ0n) is 8.85. The lowest BCUT2D eigenvalue weighted by Gasteiger charge is -2.10. The zero-order chi connectivity index (χ0) is 11.1. The number of nitrogens with zero attached hydrogens (tertiary/aromatic N) is 1. The lowest BCUT2D eigenvalue weighted by molar-refractivity contribution is -0.140. The predicted molar refractivity (Wildman–Crippen MR) is 57.0 cm³/mol. The van der Waals surface area contributed by atoms with Crippen molar-refractivity contribution in [2.24, 2.45) is 5.73 Å². The first kappa shape index (κ1) is 11.7. The molecule has 0 spiro atoms. The number of ether oxygens (including phenoxy) is 1. The highest BCUT2D eigenvalue weighted by Gasteiger charge is 2.07. The molecule has 0 unspecified atom stereocenters. The highest BCUT2D eigenvalue weighted by molar-refractivity contribution is 5.68. The largest absolute Gasteiger partial charge is 0.469 e. The van der Waals surface area contributed by atoms with Crippen LogP contribution in [-0.2, 0) is 9.53 Å². The third kappa shape index (κ3) is 4.08. The van der Waals surface area contributed by atoms with Crippen LogP contribution in [0.4, 0.5) is 0 Å². The Kier molecular flexibility index (Phi) is 4.77. The molecule has 0 aliphatic carbocycles. The van der Waals surface area contributed by atoms with E-state index in [1.165, 1.54) is 7.11 Å². The zero-order valence-corrected chi connectivity index (χ0v) is 8.85. The molecule has 1 aromatic heterocycles. The van der Waals surface area contributed by atoms with Crippen LogP contribution in [0, 0.1) is 0 Å². The van der Waals surface area contributed by atoms with Crippen molar-refractivity contribution in [2.45, 2.75) is 25.3 Å². The van der Waals surface area contributed by atoms with E-state index in [4.69, 9.17) is 5.73 Å². The van der Waals surface area contributed by atoms with Gasteiger partial charge in [0, 0.05) is 24.9 Å². The van der Waals surface area contributed by atoms with Crippen LogP contribution in [0.2, 0.25) is 0 Å². The van der Waals surface area contributed by atoms with Crippen molar-refractivity contribution in [1.82, 2.24) is 4.98 Å². The number of aromatic nitrogens is 1. The molecule has 0 aliphatic heterocycles. The van der Waals surface area contributed by atoms with Crippen LogP contribution in [0.3, 0.4) is 0 Å². The Morgan fingerprint density at radius 1 is 1.67 bits per heavy atom. The lowest BCUT2D eigenvalue weighted by Crippen LogP contribution is -2.11. The minimum absolute atomic E-state index is 0.0524. The SMILES string of the molecule is COC(=O)CCC[C@H](N)c1cccnc1. The smallest absolute Gasteiger partial charge is 0.305 e. The van der Waals surface area contributed by atoms with Gasteiger partial charge < -0.3 is 10.5 Å². The van der Waals surface area contributed by atoms with Gasteiger partial charge in [-0.05, 0) is 24.5 Å². The highest BCUT2D eigenvalue weighted by Crippen LogP contribution is 2.15. The molecule has 0 bridgehead atoms. The Morgan fingerprint density at radius 3 is 3.07 bits per heavy atom. The van der Waals surface area contributed by atoms with E-state index in [9.17, 15) is 4.79 Å². The van der Waals surface area contributed by atoms with Gasteiger partial charge in [0.2, 0.25) is 0 Å². The Bertz CT molecular complexity index is 301. The van der Waals surface area contributed by atoms with Crippen LogP contribution in [0.1, 0.15) is 30.9 Å². The molecular formula is C11H16N2O2. The summed E-state index contributed by atoms with van der Waals surface area (Å²) in [5, 5.41) is 0. The average Bonchev–Trinajstić information content (AvgIpc) is 2.29. The van der Waals surface area contributed by atoms with E-state index in [0.29, 0.717) is 6.42 Å². The fourth-order valence-corrected chi connectivity index (χ4v) is 1.33. The predicted octanol–water partition coefficient (Wildman–Crippen LogP) is 1.42. The average molecular weight is 208 g/mol. The Morgan fingerprint density at radius 2 is 2.47 bits per heavy atom. The topological polar surface area (TPSA) is 65.2 Å². The molecule has 4 nitrogen and oxygen atoms in total. The van der Waals surface area contributed by atoms with E-state index < -0.39 is 0 Å². The number of hydrogen-bond donors (Lipinski definition) is 1. The molecule has 15 heavy (non-hydrogen) atoms. The van der Waals surface area contributed by atoms with Crippen molar-refractivity contribution in [3.8, 4) is 0 Å². The molecule has 0 saturated carbocycles. The van der Waals surface area contributed by atoms with Crippen LogP contribution in [0.5, 0.6) is 0 Å². The summed E-state index contributed by atoms with van der Waals surface area (Å²) in [6.07, 6.45) is 5.39. The summed E-state index contributed by atoms with van der Waals surface area (Å²) >= 11 is 0. The summed E-state index contributed by atoms with van der Waals surface area (Å²) in [6.45, 7) is 0. The fraction of sp³-hybridized carbons (Fsp3) is 0.455. The van der Waals surface area contributed by atoms with Crippen LogP contribution >= 0.6 is 0 Å².